The van der Waals surface area contributed by atoms with Crippen LogP contribution in [0.1, 0.15) is 23.8 Å². The summed E-state index contributed by atoms with van der Waals surface area (Å²) < 4.78 is 59.3. The Morgan fingerprint density at radius 3 is 2.00 bits per heavy atom. The van der Waals surface area contributed by atoms with Gasteiger partial charge in [-0.3, -0.25) is 0 Å². The molecule has 0 fully saturated rings. The Labute approximate surface area is 61.5 Å². The quantitative estimate of drug-likeness (QED) is 0.454. The molecule has 0 heteroatoms. The lowest BCUT2D eigenvalue weighted by Crippen LogP contribution is -1.65. The summed E-state index contributed by atoms with van der Waals surface area (Å²) in [5, 5.41) is 0. The van der Waals surface area contributed by atoms with Crippen LogP contribution in [0.15, 0.2) is 36.3 Å². The number of rotatable bonds is 0. The lowest BCUT2D eigenvalue weighted by molar-refractivity contribution is 1.05. The zero-order valence-corrected chi connectivity index (χ0v) is 4.15. The molecule has 0 heterocycles. The van der Waals surface area contributed by atoms with Crippen molar-refractivity contribution in [1.82, 2.24) is 0 Å². The summed E-state index contributed by atoms with van der Waals surface area (Å²) in [7, 11) is 0. The van der Waals surface area contributed by atoms with Crippen LogP contribution >= 0.6 is 0 Å². The fourth-order valence-corrected chi connectivity index (χ4v) is 0.301. The molecule has 0 aliphatic heterocycles. The van der Waals surface area contributed by atoms with Crippen LogP contribution in [0.25, 0.3) is 0 Å². The van der Waals surface area contributed by atoms with Crippen LogP contribution in [-0.2, 0) is 0 Å². The second-order valence-corrected chi connectivity index (χ2v) is 1.12. The predicted octanol–water partition coefficient (Wildman–Crippen LogP) is 2.45. The van der Waals surface area contributed by atoms with E-state index < -0.39 is 49.1 Å². The molecule has 0 amide bonds. The molecule has 0 nitrogen and oxygen atoms in total. The maximum atomic E-state index is 7.47. The first-order valence-electron chi connectivity index (χ1n) is 6.32. The molecule has 1 aliphatic carbocycles. The summed E-state index contributed by atoms with van der Waals surface area (Å²) in [4.78, 5) is 0. The van der Waals surface area contributed by atoms with Crippen LogP contribution in [0, 0.1) is 0 Å². The van der Waals surface area contributed by atoms with Gasteiger partial charge in [0, 0.05) is 2.74 Å². The van der Waals surface area contributed by atoms with Gasteiger partial charge in [-0.05, 0) is 12.8 Å². The summed E-state index contributed by atoms with van der Waals surface area (Å²) in [5.74, 6) is 0. The van der Waals surface area contributed by atoms with E-state index in [1.54, 1.807) is 0 Å². The molecule has 1 aliphatic rings. The number of hydrogen-bond donors (Lipinski definition) is 0. The van der Waals surface area contributed by atoms with E-state index in [0.29, 0.717) is 0 Å². The monoisotopic (exact) mass is 114 g/mol. The molecule has 0 aromatic rings. The molecule has 42 valence electrons. The second kappa shape index (κ2) is 3.25. The molecule has 2 atom stereocenters. The van der Waals surface area contributed by atoms with Crippen LogP contribution in [0.3, 0.4) is 0 Å². The Balaban J connectivity index is 3.52. The van der Waals surface area contributed by atoms with Gasteiger partial charge in [0.2, 0.25) is 0 Å². The van der Waals surface area contributed by atoms with Crippen molar-refractivity contribution >= 4 is 0 Å². The van der Waals surface area contributed by atoms with Gasteiger partial charge in [0.15, 0.2) is 0 Å². The van der Waals surface area contributed by atoms with Gasteiger partial charge < -0.3 is 0 Å². The molecule has 8 heavy (non-hydrogen) atoms. The van der Waals surface area contributed by atoms with Gasteiger partial charge in [0.1, 0.15) is 0 Å². The predicted molar refractivity (Wildman–Crippen MR) is 36.7 cm³/mol. The zero-order chi connectivity index (χ0) is 12.6. The maximum Gasteiger partial charge on any atom is 0.0623 e. The van der Waals surface area contributed by atoms with E-state index in [9.17, 15) is 0 Å². The lowest BCUT2D eigenvalue weighted by Gasteiger charge is -1.86. The minimum Gasteiger partial charge on any atom is -0.0842 e. The molecule has 2 unspecified atom stereocenters. The third kappa shape index (κ3) is 1.78. The molecule has 0 bridgehead atoms. The van der Waals surface area contributed by atoms with Gasteiger partial charge >= 0.3 is 0 Å². The molecule has 0 aromatic carbocycles. The number of allylic oxidation sites excluding steroid dienone is 6. The van der Waals surface area contributed by atoms with Crippen LogP contribution in [0.2, 0.25) is 0 Å². The van der Waals surface area contributed by atoms with Crippen LogP contribution in [0.5, 0.6) is 0 Å². The summed E-state index contributed by atoms with van der Waals surface area (Å²) >= 11 is 0. The van der Waals surface area contributed by atoms with Crippen molar-refractivity contribution in [1.29, 1.82) is 0 Å². The van der Waals surface area contributed by atoms with Gasteiger partial charge in [-0.15, -0.1) is 0 Å². The van der Waals surface area contributed by atoms with E-state index in [4.69, 9.17) is 11.0 Å². The topological polar surface area (TPSA) is 0 Å². The Hall–Kier alpha value is -0.780. The van der Waals surface area contributed by atoms with Crippen molar-refractivity contribution in [2.75, 3.05) is 0 Å². The third-order valence-corrected chi connectivity index (χ3v) is 0.582. The molecule has 0 radical (unpaired) electrons. The fourth-order valence-electron chi connectivity index (χ4n) is 0.301. The summed E-state index contributed by atoms with van der Waals surface area (Å²) in [5.41, 5.74) is 0. The van der Waals surface area contributed by atoms with Gasteiger partial charge in [-0.1, -0.05) is 36.3 Å². The highest BCUT2D eigenvalue weighted by molar-refractivity contribution is 5.13. The Kier molecular flexibility index (Phi) is 0.490. The SMILES string of the molecule is [2H]C1=C([2H])C([2H])=C([2H])C([2H])C([2H])C([2H])=C1[2H]. The van der Waals surface area contributed by atoms with Gasteiger partial charge in [-0.2, -0.15) is 0 Å². The molecule has 1 rings (SSSR count). The smallest absolute Gasteiger partial charge is 0.0623 e. The van der Waals surface area contributed by atoms with E-state index in [0.717, 1.165) is 0 Å². The van der Waals surface area contributed by atoms with Crippen molar-refractivity contribution in [3.05, 3.63) is 36.3 Å². The van der Waals surface area contributed by atoms with Crippen LogP contribution in [-0.4, -0.2) is 0 Å². The number of hydrogen-bond acceptors (Lipinski definition) is 0. The average Bonchev–Trinajstić information content (AvgIpc) is 2.30. The first kappa shape index (κ1) is 1.21. The van der Waals surface area contributed by atoms with E-state index in [2.05, 4.69) is 0 Å². The third-order valence-electron chi connectivity index (χ3n) is 0.582. The molecular weight excluding hydrogens is 96.1 g/mol. The molecule has 0 saturated heterocycles. The normalized spacial score (nSPS) is 58.0. The van der Waals surface area contributed by atoms with E-state index >= 15 is 0 Å². The fraction of sp³-hybridized carbons (Fsp3) is 0.250. The Morgan fingerprint density at radius 2 is 1.50 bits per heavy atom. The van der Waals surface area contributed by atoms with E-state index in [-0.39, 0.29) is 0 Å². The standard InChI is InChI=1S/C8H10/c1-2-4-6-8-7-5-3-1/h1-6H,7-8H2/i1D,2D,3D,4D,5D,6D,7D,8D. The summed E-state index contributed by atoms with van der Waals surface area (Å²) in [6.45, 7) is 0. The van der Waals surface area contributed by atoms with Gasteiger partial charge in [0.05, 0.1) is 8.22 Å². The first-order valence-corrected chi connectivity index (χ1v) is 2.16. The highest BCUT2D eigenvalue weighted by atomic mass is 13.8. The highest BCUT2D eigenvalue weighted by Crippen LogP contribution is 1.96. The van der Waals surface area contributed by atoms with Crippen molar-refractivity contribution in [2.45, 2.75) is 12.8 Å². The molecule has 0 N–H and O–H groups in total. The average molecular weight is 114 g/mol. The summed E-state index contributed by atoms with van der Waals surface area (Å²) in [6, 6.07) is -3.68. The minimum atomic E-state index is -1.46. The van der Waals surface area contributed by atoms with Crippen molar-refractivity contribution < 1.29 is 11.0 Å². The van der Waals surface area contributed by atoms with Crippen molar-refractivity contribution in [3.63, 3.8) is 0 Å². The van der Waals surface area contributed by atoms with Gasteiger partial charge in [0.25, 0.3) is 0 Å². The van der Waals surface area contributed by atoms with E-state index in [1.165, 1.54) is 0 Å². The molecule has 0 saturated carbocycles. The Bertz CT molecular complexity index is 366. The second-order valence-electron chi connectivity index (χ2n) is 1.12. The summed E-state index contributed by atoms with van der Waals surface area (Å²) in [6.07, 6.45) is -2.93. The zero-order valence-electron chi connectivity index (χ0n) is 12.2. The molecule has 0 spiro atoms. The Morgan fingerprint density at radius 1 is 1.00 bits per heavy atom. The molecule has 0 aromatic heterocycles. The van der Waals surface area contributed by atoms with E-state index in [1.807, 2.05) is 0 Å². The van der Waals surface area contributed by atoms with Crippen molar-refractivity contribution in [3.8, 4) is 0 Å². The maximum absolute atomic E-state index is 7.47. The highest BCUT2D eigenvalue weighted by Gasteiger charge is 1.75. The first-order chi connectivity index (χ1) is 7.29. The van der Waals surface area contributed by atoms with Gasteiger partial charge in [-0.25, -0.2) is 0 Å². The minimum absolute atomic E-state index is 0.563. The van der Waals surface area contributed by atoms with Crippen molar-refractivity contribution in [2.24, 2.45) is 0 Å². The largest absolute Gasteiger partial charge is 0.0842 e. The molecular formula is C8H10. The lowest BCUT2D eigenvalue weighted by atomic mass is 10.2. The van der Waals surface area contributed by atoms with Crippen LogP contribution in [0.4, 0.5) is 0 Å². The van der Waals surface area contributed by atoms with Crippen LogP contribution < -0.4 is 0 Å².